The Balaban J connectivity index is 1.97. The van der Waals surface area contributed by atoms with E-state index in [0.29, 0.717) is 19.1 Å². The van der Waals surface area contributed by atoms with E-state index in [9.17, 15) is 0 Å². The second kappa shape index (κ2) is 7.05. The highest BCUT2D eigenvalue weighted by Crippen LogP contribution is 2.25. The molecule has 1 aromatic carbocycles. The van der Waals surface area contributed by atoms with E-state index in [4.69, 9.17) is 15.5 Å². The summed E-state index contributed by atoms with van der Waals surface area (Å²) in [7, 11) is 0. The number of thiazole rings is 1. The van der Waals surface area contributed by atoms with Gasteiger partial charge in [0.2, 0.25) is 0 Å². The topological polar surface area (TPSA) is 48.1 Å². The molecule has 1 aromatic heterocycles. The van der Waals surface area contributed by atoms with Gasteiger partial charge in [0.05, 0.1) is 17.3 Å². The first-order valence-electron chi connectivity index (χ1n) is 7.40. The van der Waals surface area contributed by atoms with Crippen LogP contribution in [0.5, 0.6) is 5.75 Å². The van der Waals surface area contributed by atoms with Crippen LogP contribution >= 0.6 is 11.3 Å². The van der Waals surface area contributed by atoms with Crippen molar-refractivity contribution in [2.45, 2.75) is 46.6 Å². The molecule has 4 heteroatoms. The third kappa shape index (κ3) is 4.05. The van der Waals surface area contributed by atoms with Crippen LogP contribution in [0.15, 0.2) is 18.2 Å². The number of ether oxygens (including phenoxy) is 1. The Morgan fingerprint density at radius 3 is 2.62 bits per heavy atom. The Bertz CT molecular complexity index is 605. The largest absolute Gasteiger partial charge is 0.493 e. The number of rotatable bonds is 6. The molecule has 0 saturated carbocycles. The van der Waals surface area contributed by atoms with E-state index >= 15 is 0 Å². The smallest absolute Gasteiger partial charge is 0.122 e. The summed E-state index contributed by atoms with van der Waals surface area (Å²) in [4.78, 5) is 5.91. The molecule has 2 aromatic rings. The number of benzene rings is 1. The molecule has 0 saturated heterocycles. The van der Waals surface area contributed by atoms with E-state index in [2.05, 4.69) is 39.8 Å². The molecule has 114 valence electrons. The molecule has 0 radical (unpaired) electrons. The van der Waals surface area contributed by atoms with E-state index in [0.717, 1.165) is 22.9 Å². The van der Waals surface area contributed by atoms with Gasteiger partial charge in [0.1, 0.15) is 5.75 Å². The van der Waals surface area contributed by atoms with E-state index in [1.54, 1.807) is 11.3 Å². The molecule has 0 amide bonds. The fourth-order valence-corrected chi connectivity index (χ4v) is 3.41. The van der Waals surface area contributed by atoms with Gasteiger partial charge >= 0.3 is 0 Å². The van der Waals surface area contributed by atoms with Gasteiger partial charge in [0, 0.05) is 17.8 Å². The molecule has 0 atom stereocenters. The first-order valence-corrected chi connectivity index (χ1v) is 8.21. The fourth-order valence-electron chi connectivity index (χ4n) is 2.33. The highest BCUT2D eigenvalue weighted by Gasteiger charge is 2.13. The number of nitrogens with two attached hydrogens (primary N) is 1. The van der Waals surface area contributed by atoms with Crippen molar-refractivity contribution in [1.82, 2.24) is 4.98 Å². The van der Waals surface area contributed by atoms with E-state index < -0.39 is 0 Å². The van der Waals surface area contributed by atoms with Crippen LogP contribution in [0.4, 0.5) is 0 Å². The highest BCUT2D eigenvalue weighted by molar-refractivity contribution is 7.11. The average molecular weight is 304 g/mol. The summed E-state index contributed by atoms with van der Waals surface area (Å²) in [6.45, 7) is 9.71. The summed E-state index contributed by atoms with van der Waals surface area (Å²) in [5, 5.41) is 1.11. The number of hydrogen-bond acceptors (Lipinski definition) is 4. The zero-order chi connectivity index (χ0) is 15.4. The Morgan fingerprint density at radius 2 is 2.05 bits per heavy atom. The summed E-state index contributed by atoms with van der Waals surface area (Å²) in [6, 6.07) is 6.26. The minimum Gasteiger partial charge on any atom is -0.493 e. The van der Waals surface area contributed by atoms with Crippen LogP contribution in [0.2, 0.25) is 0 Å². The van der Waals surface area contributed by atoms with Crippen molar-refractivity contribution in [3.05, 3.63) is 44.9 Å². The van der Waals surface area contributed by atoms with Crippen molar-refractivity contribution >= 4 is 11.3 Å². The van der Waals surface area contributed by atoms with Gasteiger partial charge in [-0.3, -0.25) is 0 Å². The van der Waals surface area contributed by atoms with Gasteiger partial charge in [-0.2, -0.15) is 0 Å². The predicted molar refractivity (Wildman–Crippen MR) is 89.2 cm³/mol. The maximum Gasteiger partial charge on any atom is 0.122 e. The predicted octanol–water partition coefficient (Wildman–Crippen LogP) is 3.96. The summed E-state index contributed by atoms with van der Waals surface area (Å²) in [6.07, 6.45) is 0.831. The van der Waals surface area contributed by atoms with Crippen LogP contribution in [0.25, 0.3) is 0 Å². The molecule has 0 bridgehead atoms. The lowest BCUT2D eigenvalue weighted by Gasteiger charge is -2.08. The minimum atomic E-state index is 0.425. The van der Waals surface area contributed by atoms with Crippen molar-refractivity contribution in [3.8, 4) is 5.75 Å². The van der Waals surface area contributed by atoms with Crippen LogP contribution in [-0.2, 0) is 13.0 Å². The van der Waals surface area contributed by atoms with Crippen LogP contribution in [0.3, 0.4) is 0 Å². The Morgan fingerprint density at radius 1 is 1.29 bits per heavy atom. The second-order valence-electron chi connectivity index (χ2n) is 5.64. The van der Waals surface area contributed by atoms with Crippen LogP contribution in [-0.4, -0.2) is 11.6 Å². The molecule has 1 heterocycles. The normalized spacial score (nSPS) is 11.1. The quantitative estimate of drug-likeness (QED) is 0.878. The van der Waals surface area contributed by atoms with E-state index in [-0.39, 0.29) is 0 Å². The molecule has 0 fully saturated rings. The maximum atomic E-state index is 5.87. The van der Waals surface area contributed by atoms with E-state index in [1.165, 1.54) is 16.0 Å². The monoisotopic (exact) mass is 304 g/mol. The molecule has 2 N–H and O–H groups in total. The lowest BCUT2D eigenvalue weighted by molar-refractivity contribution is 0.319. The standard InChI is InChI=1S/C17H24N2OS/c1-11(2)17-15(10-18)21-16(19-17)7-8-20-14-6-5-12(3)9-13(14)4/h5-6,9,11H,7-8,10,18H2,1-4H3. The Hall–Kier alpha value is -1.39. The van der Waals surface area contributed by atoms with Gasteiger partial charge in [0.15, 0.2) is 0 Å². The number of hydrogen-bond donors (Lipinski definition) is 1. The molecule has 0 aliphatic carbocycles. The molecule has 0 aliphatic heterocycles. The molecular weight excluding hydrogens is 280 g/mol. The average Bonchev–Trinajstić information content (AvgIpc) is 2.85. The van der Waals surface area contributed by atoms with Gasteiger partial charge in [-0.25, -0.2) is 4.98 Å². The van der Waals surface area contributed by atoms with Crippen molar-refractivity contribution < 1.29 is 4.74 Å². The number of aryl methyl sites for hydroxylation is 2. The summed E-state index contributed by atoms with van der Waals surface area (Å²) in [5.41, 5.74) is 9.38. The third-order valence-electron chi connectivity index (χ3n) is 3.41. The van der Waals surface area contributed by atoms with Gasteiger partial charge in [-0.05, 0) is 31.4 Å². The number of nitrogens with zero attached hydrogens (tertiary/aromatic N) is 1. The first kappa shape index (κ1) is 16.0. The van der Waals surface area contributed by atoms with Crippen LogP contribution < -0.4 is 10.5 Å². The van der Waals surface area contributed by atoms with Crippen molar-refractivity contribution in [2.75, 3.05) is 6.61 Å². The van der Waals surface area contributed by atoms with Gasteiger partial charge < -0.3 is 10.5 Å². The summed E-state index contributed by atoms with van der Waals surface area (Å²) >= 11 is 1.71. The van der Waals surface area contributed by atoms with Crippen molar-refractivity contribution in [1.29, 1.82) is 0 Å². The van der Waals surface area contributed by atoms with E-state index in [1.807, 2.05) is 6.07 Å². The molecule has 2 rings (SSSR count). The summed E-state index contributed by atoms with van der Waals surface area (Å²) in [5.74, 6) is 1.38. The van der Waals surface area contributed by atoms with Gasteiger partial charge in [-0.15, -0.1) is 11.3 Å². The van der Waals surface area contributed by atoms with Crippen molar-refractivity contribution in [2.24, 2.45) is 5.73 Å². The molecule has 21 heavy (non-hydrogen) atoms. The first-order chi connectivity index (χ1) is 10.0. The molecule has 0 spiro atoms. The molecule has 3 nitrogen and oxygen atoms in total. The maximum absolute atomic E-state index is 5.87. The Labute approximate surface area is 131 Å². The zero-order valence-electron chi connectivity index (χ0n) is 13.3. The summed E-state index contributed by atoms with van der Waals surface area (Å²) < 4.78 is 5.87. The number of aromatic nitrogens is 1. The fraction of sp³-hybridized carbons (Fsp3) is 0.471. The van der Waals surface area contributed by atoms with Gasteiger partial charge in [-0.1, -0.05) is 31.5 Å². The molecule has 0 unspecified atom stereocenters. The molecule has 0 aliphatic rings. The highest BCUT2D eigenvalue weighted by atomic mass is 32.1. The zero-order valence-corrected chi connectivity index (χ0v) is 14.1. The SMILES string of the molecule is Cc1ccc(OCCc2nc(C(C)C)c(CN)s2)c(C)c1. The Kier molecular flexibility index (Phi) is 5.37. The molecular formula is C17H24N2OS. The van der Waals surface area contributed by atoms with Crippen molar-refractivity contribution in [3.63, 3.8) is 0 Å². The lowest BCUT2D eigenvalue weighted by Crippen LogP contribution is -2.03. The third-order valence-corrected chi connectivity index (χ3v) is 4.56. The van der Waals surface area contributed by atoms with Gasteiger partial charge in [0.25, 0.3) is 0 Å². The lowest BCUT2D eigenvalue weighted by atomic mass is 10.1. The second-order valence-corrected chi connectivity index (χ2v) is 6.81. The van der Waals surface area contributed by atoms with Crippen LogP contribution in [0, 0.1) is 13.8 Å². The van der Waals surface area contributed by atoms with Crippen LogP contribution in [0.1, 0.15) is 46.5 Å². The minimum absolute atomic E-state index is 0.425.